The Morgan fingerprint density at radius 3 is 2.40 bits per heavy atom. The smallest absolute Gasteiger partial charge is 0.322 e. The molecule has 2 nitrogen and oxygen atoms in total. The Morgan fingerprint density at radius 2 is 1.75 bits per heavy atom. The summed E-state index contributed by atoms with van der Waals surface area (Å²) < 4.78 is 38.5. The van der Waals surface area contributed by atoms with Crippen molar-refractivity contribution >= 4 is 27.5 Å². The zero-order valence-corrected chi connectivity index (χ0v) is 11.6. The Bertz CT molecular complexity index is 640. The zero-order chi connectivity index (χ0) is 14.8. The van der Waals surface area contributed by atoms with Gasteiger partial charge in [-0.3, -0.25) is 4.79 Å². The fourth-order valence-corrected chi connectivity index (χ4v) is 2.01. The van der Waals surface area contributed by atoms with E-state index in [2.05, 4.69) is 21.2 Å². The highest BCUT2D eigenvalue weighted by Gasteiger charge is 2.30. The van der Waals surface area contributed by atoms with Crippen LogP contribution in [0.2, 0.25) is 0 Å². The van der Waals surface area contributed by atoms with Crippen LogP contribution in [0.4, 0.5) is 18.9 Å². The largest absolute Gasteiger partial charge is 0.416 e. The van der Waals surface area contributed by atoms with Crippen molar-refractivity contribution in [2.45, 2.75) is 6.18 Å². The summed E-state index contributed by atoms with van der Waals surface area (Å²) in [5.74, 6) is -0.589. The van der Waals surface area contributed by atoms with Gasteiger partial charge in [-0.1, -0.05) is 28.1 Å². The van der Waals surface area contributed by atoms with Gasteiger partial charge in [0.2, 0.25) is 0 Å². The standard InChI is InChI=1S/C14H9BrF3NO/c15-11-5-2-6-12(8-11)19-13(20)9-3-1-4-10(7-9)14(16,17)18/h1-8H,(H,19,20). The SMILES string of the molecule is O=C(Nc1cccc(Br)c1)c1cccc(C(F)(F)F)c1. The van der Waals surface area contributed by atoms with E-state index in [1.807, 2.05) is 0 Å². The average Bonchev–Trinajstić information content (AvgIpc) is 2.38. The van der Waals surface area contributed by atoms with Crippen molar-refractivity contribution in [3.63, 3.8) is 0 Å². The van der Waals surface area contributed by atoms with Crippen LogP contribution < -0.4 is 5.32 Å². The summed E-state index contributed by atoms with van der Waals surface area (Å²) in [6, 6.07) is 11.1. The second-order valence-electron chi connectivity index (χ2n) is 4.04. The minimum atomic E-state index is -4.47. The third-order valence-corrected chi connectivity index (χ3v) is 3.03. The Labute approximate surface area is 121 Å². The van der Waals surface area contributed by atoms with Crippen molar-refractivity contribution < 1.29 is 18.0 Å². The molecule has 0 aliphatic carbocycles. The Hall–Kier alpha value is -1.82. The van der Waals surface area contributed by atoms with Crippen LogP contribution >= 0.6 is 15.9 Å². The Balaban J connectivity index is 2.22. The third kappa shape index (κ3) is 3.60. The van der Waals surface area contributed by atoms with Gasteiger partial charge in [0.25, 0.3) is 5.91 Å². The van der Waals surface area contributed by atoms with Gasteiger partial charge in [-0.05, 0) is 36.4 Å². The molecule has 0 spiro atoms. The molecule has 0 unspecified atom stereocenters. The van der Waals surface area contributed by atoms with Crippen molar-refractivity contribution in [2.75, 3.05) is 5.32 Å². The molecule has 0 radical (unpaired) electrons. The molecule has 2 aromatic rings. The highest BCUT2D eigenvalue weighted by atomic mass is 79.9. The summed E-state index contributed by atoms with van der Waals surface area (Å²) >= 11 is 3.25. The second kappa shape index (κ2) is 5.66. The molecule has 104 valence electrons. The molecule has 1 N–H and O–H groups in total. The lowest BCUT2D eigenvalue weighted by atomic mass is 10.1. The number of carbonyl (C=O) groups is 1. The molecule has 0 fully saturated rings. The summed E-state index contributed by atoms with van der Waals surface area (Å²) in [4.78, 5) is 11.9. The molecule has 0 aliphatic heterocycles. The van der Waals surface area contributed by atoms with Crippen LogP contribution in [0.15, 0.2) is 53.0 Å². The fourth-order valence-electron chi connectivity index (χ4n) is 1.61. The highest BCUT2D eigenvalue weighted by molar-refractivity contribution is 9.10. The molecule has 0 saturated heterocycles. The number of hydrogen-bond acceptors (Lipinski definition) is 1. The number of anilines is 1. The quantitative estimate of drug-likeness (QED) is 0.839. The van der Waals surface area contributed by atoms with Crippen molar-refractivity contribution in [2.24, 2.45) is 0 Å². The lowest BCUT2D eigenvalue weighted by Crippen LogP contribution is -2.13. The highest BCUT2D eigenvalue weighted by Crippen LogP contribution is 2.29. The van der Waals surface area contributed by atoms with Gasteiger partial charge in [-0.2, -0.15) is 13.2 Å². The predicted octanol–water partition coefficient (Wildman–Crippen LogP) is 4.72. The molecule has 6 heteroatoms. The van der Waals surface area contributed by atoms with E-state index in [1.165, 1.54) is 12.1 Å². The molecule has 20 heavy (non-hydrogen) atoms. The van der Waals surface area contributed by atoms with E-state index in [0.717, 1.165) is 16.6 Å². The van der Waals surface area contributed by atoms with E-state index in [4.69, 9.17) is 0 Å². The van der Waals surface area contributed by atoms with E-state index >= 15 is 0 Å². The van der Waals surface area contributed by atoms with E-state index in [-0.39, 0.29) is 5.56 Å². The molecule has 2 rings (SSSR count). The minimum Gasteiger partial charge on any atom is -0.322 e. The van der Waals surface area contributed by atoms with Crippen LogP contribution in [-0.4, -0.2) is 5.91 Å². The van der Waals surface area contributed by atoms with Crippen LogP contribution in [0.3, 0.4) is 0 Å². The maximum Gasteiger partial charge on any atom is 0.416 e. The van der Waals surface area contributed by atoms with Crippen molar-refractivity contribution in [1.82, 2.24) is 0 Å². The summed E-state index contributed by atoms with van der Waals surface area (Å²) in [6.07, 6.45) is -4.47. The molecule has 0 aromatic heterocycles. The van der Waals surface area contributed by atoms with Gasteiger partial charge in [0.05, 0.1) is 5.56 Å². The summed E-state index contributed by atoms with van der Waals surface area (Å²) in [5.41, 5.74) is -0.388. The molecular formula is C14H9BrF3NO. The maximum absolute atomic E-state index is 12.6. The number of hydrogen-bond donors (Lipinski definition) is 1. The lowest BCUT2D eigenvalue weighted by molar-refractivity contribution is -0.137. The summed E-state index contributed by atoms with van der Waals surface area (Å²) in [5, 5.41) is 2.54. The van der Waals surface area contributed by atoms with Crippen LogP contribution in [0, 0.1) is 0 Å². The molecule has 0 aliphatic rings. The molecule has 0 atom stereocenters. The number of alkyl halides is 3. The van der Waals surface area contributed by atoms with Crippen molar-refractivity contribution in [1.29, 1.82) is 0 Å². The number of halogens is 4. The zero-order valence-electron chi connectivity index (χ0n) is 10.0. The first kappa shape index (κ1) is 14.6. The van der Waals surface area contributed by atoms with E-state index in [1.54, 1.807) is 24.3 Å². The summed E-state index contributed by atoms with van der Waals surface area (Å²) in [6.45, 7) is 0. The van der Waals surface area contributed by atoms with E-state index in [0.29, 0.717) is 5.69 Å². The molecular weight excluding hydrogens is 335 g/mol. The average molecular weight is 344 g/mol. The van der Waals surface area contributed by atoms with Crippen molar-refractivity contribution in [3.05, 3.63) is 64.1 Å². The third-order valence-electron chi connectivity index (χ3n) is 2.53. The molecule has 2 aromatic carbocycles. The number of nitrogens with one attached hydrogen (secondary N) is 1. The number of amides is 1. The normalized spacial score (nSPS) is 11.2. The van der Waals surface area contributed by atoms with Crippen molar-refractivity contribution in [3.8, 4) is 0 Å². The molecule has 0 saturated carbocycles. The van der Waals surface area contributed by atoms with Gasteiger partial charge in [0.15, 0.2) is 0 Å². The lowest BCUT2D eigenvalue weighted by Gasteiger charge is -2.09. The van der Waals surface area contributed by atoms with Gasteiger partial charge >= 0.3 is 6.18 Å². The topological polar surface area (TPSA) is 29.1 Å². The first-order valence-corrected chi connectivity index (χ1v) is 6.40. The fraction of sp³-hybridized carbons (Fsp3) is 0.0714. The van der Waals surface area contributed by atoms with Gasteiger partial charge < -0.3 is 5.32 Å². The van der Waals surface area contributed by atoms with Crippen LogP contribution in [0.25, 0.3) is 0 Å². The monoisotopic (exact) mass is 343 g/mol. The molecule has 0 heterocycles. The van der Waals surface area contributed by atoms with Crippen LogP contribution in [0.1, 0.15) is 15.9 Å². The van der Waals surface area contributed by atoms with Gasteiger partial charge in [-0.25, -0.2) is 0 Å². The predicted molar refractivity (Wildman–Crippen MR) is 73.5 cm³/mol. The summed E-state index contributed by atoms with van der Waals surface area (Å²) in [7, 11) is 0. The van der Waals surface area contributed by atoms with Crippen LogP contribution in [0.5, 0.6) is 0 Å². The Kier molecular flexibility index (Phi) is 4.13. The van der Waals surface area contributed by atoms with Gasteiger partial charge in [0.1, 0.15) is 0 Å². The number of rotatable bonds is 2. The first-order chi connectivity index (χ1) is 9.36. The maximum atomic E-state index is 12.6. The van der Waals surface area contributed by atoms with E-state index in [9.17, 15) is 18.0 Å². The van der Waals surface area contributed by atoms with Gasteiger partial charge in [0, 0.05) is 15.7 Å². The molecule has 0 bridgehead atoms. The van der Waals surface area contributed by atoms with Crippen LogP contribution in [-0.2, 0) is 6.18 Å². The number of carbonyl (C=O) groups excluding carboxylic acids is 1. The molecule has 1 amide bonds. The second-order valence-corrected chi connectivity index (χ2v) is 4.96. The van der Waals surface area contributed by atoms with Gasteiger partial charge in [-0.15, -0.1) is 0 Å². The minimum absolute atomic E-state index is 0.0419. The first-order valence-electron chi connectivity index (χ1n) is 5.60. The van der Waals surface area contributed by atoms with E-state index < -0.39 is 17.6 Å². The Morgan fingerprint density at radius 1 is 1.05 bits per heavy atom. The number of benzene rings is 2.